The number of aromatic hydroxyl groups is 1. The summed E-state index contributed by atoms with van der Waals surface area (Å²) in [5, 5.41) is 10.1. The van der Waals surface area contributed by atoms with Gasteiger partial charge in [0.2, 0.25) is 11.8 Å². The van der Waals surface area contributed by atoms with Crippen molar-refractivity contribution in [2.45, 2.75) is 38.0 Å². The topological polar surface area (TPSA) is 72.0 Å². The second-order valence-corrected chi connectivity index (χ2v) is 6.14. The monoisotopic (exact) mass is 257 g/mol. The minimum atomic E-state index is 0.105. The van der Waals surface area contributed by atoms with Crippen LogP contribution in [0.3, 0.4) is 0 Å². The molecule has 100 valence electrons. The summed E-state index contributed by atoms with van der Waals surface area (Å²) in [5.41, 5.74) is 7.73. The van der Waals surface area contributed by atoms with Gasteiger partial charge < -0.3 is 10.8 Å². The summed E-state index contributed by atoms with van der Waals surface area (Å²) in [6.07, 6.45) is 10.5. The van der Waals surface area contributed by atoms with E-state index in [1.54, 1.807) is 0 Å². The van der Waals surface area contributed by atoms with Crippen LogP contribution in [0.2, 0.25) is 0 Å². The molecule has 4 atom stereocenters. The highest BCUT2D eigenvalue weighted by atomic mass is 16.3. The largest absolute Gasteiger partial charge is 0.493 e. The van der Waals surface area contributed by atoms with Crippen molar-refractivity contribution in [3.63, 3.8) is 0 Å². The van der Waals surface area contributed by atoms with Crippen molar-refractivity contribution in [2.24, 2.45) is 17.8 Å². The molecule has 4 nitrogen and oxygen atoms in total. The lowest BCUT2D eigenvalue weighted by Gasteiger charge is -2.44. The minimum absolute atomic E-state index is 0.105. The average molecular weight is 257 g/mol. The van der Waals surface area contributed by atoms with Gasteiger partial charge >= 0.3 is 0 Å². The number of fused-ring (bicyclic) bond motifs is 2. The van der Waals surface area contributed by atoms with Crippen LogP contribution in [0.15, 0.2) is 12.2 Å². The second-order valence-electron chi connectivity index (χ2n) is 6.14. The average Bonchev–Trinajstić information content (AvgIpc) is 2.61. The van der Waals surface area contributed by atoms with Crippen molar-refractivity contribution in [3.8, 4) is 5.88 Å². The van der Waals surface area contributed by atoms with E-state index in [0.29, 0.717) is 23.7 Å². The number of nitrogen functional groups attached to an aromatic ring is 1. The molecular weight excluding hydrogens is 238 g/mol. The predicted molar refractivity (Wildman–Crippen MR) is 72.6 cm³/mol. The number of rotatable bonds is 0. The van der Waals surface area contributed by atoms with Crippen LogP contribution in [0, 0.1) is 17.8 Å². The van der Waals surface area contributed by atoms with Crippen LogP contribution in [-0.4, -0.2) is 15.1 Å². The third-order valence-corrected chi connectivity index (χ3v) is 5.23. The van der Waals surface area contributed by atoms with Crippen molar-refractivity contribution >= 4 is 5.95 Å². The molecule has 1 aromatic heterocycles. The zero-order valence-corrected chi connectivity index (χ0v) is 10.9. The first-order chi connectivity index (χ1) is 9.24. The number of anilines is 1. The van der Waals surface area contributed by atoms with Crippen molar-refractivity contribution in [1.82, 2.24) is 9.97 Å². The molecule has 1 aromatic rings. The van der Waals surface area contributed by atoms with Crippen LogP contribution < -0.4 is 5.73 Å². The highest BCUT2D eigenvalue weighted by Gasteiger charge is 2.44. The maximum absolute atomic E-state index is 10.1. The lowest BCUT2D eigenvalue weighted by atomic mass is 9.60. The first-order valence-electron chi connectivity index (χ1n) is 7.27. The summed E-state index contributed by atoms with van der Waals surface area (Å²) in [6.45, 7) is 0. The summed E-state index contributed by atoms with van der Waals surface area (Å²) in [5.74, 6) is 2.70. The number of hydrogen-bond acceptors (Lipinski definition) is 4. The number of allylic oxidation sites excluding steroid dienone is 2. The fourth-order valence-electron chi connectivity index (χ4n) is 4.44. The van der Waals surface area contributed by atoms with E-state index in [4.69, 9.17) is 5.73 Å². The normalized spacial score (nSPS) is 35.6. The van der Waals surface area contributed by atoms with Crippen molar-refractivity contribution < 1.29 is 5.11 Å². The summed E-state index contributed by atoms with van der Waals surface area (Å²) < 4.78 is 0. The number of aromatic nitrogens is 2. The van der Waals surface area contributed by atoms with E-state index in [2.05, 4.69) is 22.1 Å². The molecular formula is C15H19N3O. The first kappa shape index (κ1) is 11.3. The Labute approximate surface area is 112 Å². The van der Waals surface area contributed by atoms with E-state index in [1.807, 2.05) is 0 Å². The second kappa shape index (κ2) is 3.95. The predicted octanol–water partition coefficient (Wildman–Crippen LogP) is 2.40. The van der Waals surface area contributed by atoms with Gasteiger partial charge in [0.1, 0.15) is 0 Å². The molecule has 0 saturated heterocycles. The molecule has 4 heteroatoms. The Bertz CT molecular complexity index is 555. The summed E-state index contributed by atoms with van der Waals surface area (Å²) in [7, 11) is 0. The van der Waals surface area contributed by atoms with Crippen LogP contribution in [-0.2, 0) is 6.42 Å². The van der Waals surface area contributed by atoms with Crippen LogP contribution >= 0.6 is 0 Å². The van der Waals surface area contributed by atoms with E-state index in [1.165, 1.54) is 19.3 Å². The maximum Gasteiger partial charge on any atom is 0.223 e. The summed E-state index contributed by atoms with van der Waals surface area (Å²) >= 11 is 0. The SMILES string of the molecule is Nc1nc(O)c2c(n1)C1C3C=CC(CC3)C1CCC2. The maximum atomic E-state index is 10.1. The number of nitrogens with zero attached hydrogens (tertiary/aromatic N) is 2. The molecule has 0 amide bonds. The highest BCUT2D eigenvalue weighted by molar-refractivity contribution is 5.40. The third kappa shape index (κ3) is 1.58. The van der Waals surface area contributed by atoms with Gasteiger partial charge in [0, 0.05) is 11.5 Å². The molecule has 1 saturated carbocycles. The molecule has 1 fully saturated rings. The fraction of sp³-hybridized carbons (Fsp3) is 0.600. The van der Waals surface area contributed by atoms with E-state index >= 15 is 0 Å². The fourth-order valence-corrected chi connectivity index (χ4v) is 4.44. The van der Waals surface area contributed by atoms with E-state index < -0.39 is 0 Å². The molecule has 3 N–H and O–H groups in total. The number of nitrogens with two attached hydrogens (primary N) is 1. The molecule has 2 bridgehead atoms. The highest BCUT2D eigenvalue weighted by Crippen LogP contribution is 2.53. The lowest BCUT2D eigenvalue weighted by Crippen LogP contribution is -2.35. The van der Waals surface area contributed by atoms with Gasteiger partial charge in [-0.2, -0.15) is 4.98 Å². The smallest absolute Gasteiger partial charge is 0.223 e. The standard InChI is InChI=1S/C15H19N3O/c16-15-17-13-11(14(19)18-15)3-1-2-10-8-4-6-9(7-5-8)12(10)13/h4,6,8-10,12H,1-3,5,7H2,(H3,16,17,18,19). The van der Waals surface area contributed by atoms with Crippen molar-refractivity contribution in [2.75, 3.05) is 5.73 Å². The summed E-state index contributed by atoms with van der Waals surface area (Å²) in [4.78, 5) is 8.44. The van der Waals surface area contributed by atoms with Gasteiger partial charge in [-0.1, -0.05) is 12.2 Å². The molecule has 4 aliphatic carbocycles. The molecule has 1 heterocycles. The molecule has 0 radical (unpaired) electrons. The van der Waals surface area contributed by atoms with Crippen molar-refractivity contribution in [1.29, 1.82) is 0 Å². The Morgan fingerprint density at radius 3 is 2.68 bits per heavy atom. The van der Waals surface area contributed by atoms with Gasteiger partial charge in [-0.25, -0.2) is 4.98 Å². The molecule has 5 rings (SSSR count). The van der Waals surface area contributed by atoms with Gasteiger partial charge in [-0.3, -0.25) is 0 Å². The molecule has 19 heavy (non-hydrogen) atoms. The zero-order chi connectivity index (χ0) is 13.0. The third-order valence-electron chi connectivity index (χ3n) is 5.23. The molecule has 4 aliphatic rings. The van der Waals surface area contributed by atoms with Crippen LogP contribution in [0.1, 0.15) is 42.9 Å². The Kier molecular flexibility index (Phi) is 2.34. The van der Waals surface area contributed by atoms with E-state index in [0.717, 1.165) is 24.1 Å². The number of hydrogen-bond donors (Lipinski definition) is 2. The van der Waals surface area contributed by atoms with Gasteiger partial charge in [-0.05, 0) is 49.9 Å². The van der Waals surface area contributed by atoms with Crippen molar-refractivity contribution in [3.05, 3.63) is 23.4 Å². The van der Waals surface area contributed by atoms with Crippen LogP contribution in [0.4, 0.5) is 5.95 Å². The van der Waals surface area contributed by atoms with Crippen LogP contribution in [0.5, 0.6) is 5.88 Å². The molecule has 0 aliphatic heterocycles. The van der Waals surface area contributed by atoms with Gasteiger partial charge in [-0.15, -0.1) is 0 Å². The quantitative estimate of drug-likeness (QED) is 0.700. The van der Waals surface area contributed by atoms with E-state index in [-0.39, 0.29) is 11.8 Å². The Morgan fingerprint density at radius 1 is 1.11 bits per heavy atom. The Morgan fingerprint density at radius 2 is 1.89 bits per heavy atom. The Hall–Kier alpha value is -1.58. The zero-order valence-electron chi connectivity index (χ0n) is 10.9. The first-order valence-corrected chi connectivity index (χ1v) is 7.27. The van der Waals surface area contributed by atoms with Gasteiger partial charge in [0.25, 0.3) is 0 Å². The van der Waals surface area contributed by atoms with Gasteiger partial charge in [0.05, 0.1) is 5.69 Å². The summed E-state index contributed by atoms with van der Waals surface area (Å²) in [6, 6.07) is 0. The van der Waals surface area contributed by atoms with E-state index in [9.17, 15) is 5.11 Å². The van der Waals surface area contributed by atoms with Gasteiger partial charge in [0.15, 0.2) is 0 Å². The molecule has 0 spiro atoms. The molecule has 4 unspecified atom stereocenters. The lowest BCUT2D eigenvalue weighted by molar-refractivity contribution is 0.168. The molecule has 0 aromatic carbocycles. The minimum Gasteiger partial charge on any atom is -0.493 e. The Balaban J connectivity index is 1.89. The van der Waals surface area contributed by atoms with Crippen LogP contribution in [0.25, 0.3) is 0 Å².